The van der Waals surface area contributed by atoms with Crippen LogP contribution in [0.4, 0.5) is 0 Å². The van der Waals surface area contributed by atoms with E-state index >= 15 is 0 Å². The largest absolute Gasteiger partial charge is 0.616 e. The van der Waals surface area contributed by atoms with Crippen molar-refractivity contribution in [2.24, 2.45) is 5.73 Å². The number of thioether (sulfide) groups is 1. The van der Waals surface area contributed by atoms with Crippen molar-refractivity contribution in [2.75, 3.05) is 24.6 Å². The van der Waals surface area contributed by atoms with Crippen molar-refractivity contribution in [3.63, 3.8) is 0 Å². The molecule has 0 amide bonds. The van der Waals surface area contributed by atoms with Crippen LogP contribution in [-0.4, -0.2) is 51.5 Å². The summed E-state index contributed by atoms with van der Waals surface area (Å²) < 4.78 is 23.0. The van der Waals surface area contributed by atoms with E-state index in [1.54, 1.807) is 11.8 Å². The molecule has 1 aliphatic heterocycles. The topological polar surface area (TPSA) is 105 Å². The number of aliphatic carboxylic acids is 1. The van der Waals surface area contributed by atoms with Crippen LogP contribution in [0.1, 0.15) is 64.4 Å². The summed E-state index contributed by atoms with van der Waals surface area (Å²) in [7, 11) is 0. The highest BCUT2D eigenvalue weighted by Crippen LogP contribution is 2.33. The first-order chi connectivity index (χ1) is 14.9. The minimum absolute atomic E-state index is 0.191. The van der Waals surface area contributed by atoms with Crippen LogP contribution in [0.2, 0.25) is 0 Å². The predicted octanol–water partition coefficient (Wildman–Crippen LogP) is 4.61. The molecule has 0 saturated carbocycles. The van der Waals surface area contributed by atoms with Gasteiger partial charge in [-0.1, -0.05) is 49.8 Å². The molecule has 0 bridgehead atoms. The van der Waals surface area contributed by atoms with Gasteiger partial charge < -0.3 is 24.9 Å². The zero-order chi connectivity index (χ0) is 23.1. The first-order valence-electron chi connectivity index (χ1n) is 11.1. The van der Waals surface area contributed by atoms with Crippen LogP contribution in [-0.2, 0) is 22.4 Å². The molecular weight excluding hydrogens is 434 g/mol. The fraction of sp³-hybridized carbons (Fsp3) is 0.696. The molecule has 6 nitrogen and oxygen atoms in total. The lowest BCUT2D eigenvalue weighted by Crippen LogP contribution is -2.30. The first kappa shape index (κ1) is 27.9. The maximum absolute atomic E-state index is 12.3. The molecule has 178 valence electrons. The molecule has 3 atom stereocenters. The zero-order valence-electron chi connectivity index (χ0n) is 19.1. The van der Waals surface area contributed by atoms with E-state index in [1.807, 2.05) is 24.5 Å². The molecule has 1 aliphatic rings. The Bertz CT molecular complexity index is 632. The third kappa shape index (κ3) is 11.9. The summed E-state index contributed by atoms with van der Waals surface area (Å²) in [5, 5.41) is 8.47. The third-order valence-corrected chi connectivity index (χ3v) is 7.46. The van der Waals surface area contributed by atoms with Gasteiger partial charge in [0, 0.05) is 6.42 Å². The van der Waals surface area contributed by atoms with Crippen LogP contribution >= 0.6 is 11.8 Å². The lowest BCUT2D eigenvalue weighted by Gasteiger charge is -2.18. The Labute approximate surface area is 194 Å². The number of rotatable bonds is 14. The molecule has 1 heterocycles. The summed E-state index contributed by atoms with van der Waals surface area (Å²) in [5.41, 5.74) is 6.36. The number of ether oxygens (including phenoxy) is 2. The number of benzene rings is 1. The van der Waals surface area contributed by atoms with E-state index in [1.165, 1.54) is 37.7 Å². The smallest absolute Gasteiger partial charge is 0.320 e. The summed E-state index contributed by atoms with van der Waals surface area (Å²) in [6.07, 6.45) is 10.8. The summed E-state index contributed by atoms with van der Waals surface area (Å²) in [6.45, 7) is 4.61. The van der Waals surface area contributed by atoms with E-state index in [9.17, 15) is 9.35 Å². The Balaban J connectivity index is 0.000000452. The summed E-state index contributed by atoms with van der Waals surface area (Å²) in [5.74, 6) is 2.35. The van der Waals surface area contributed by atoms with Crippen molar-refractivity contribution in [1.82, 2.24) is 0 Å². The van der Waals surface area contributed by atoms with Crippen molar-refractivity contribution in [3.8, 4) is 11.5 Å². The molecule has 1 aromatic rings. The molecule has 0 saturated heterocycles. The number of nitrogens with two attached hydrogens (primary N) is 1. The Kier molecular flexibility index (Phi) is 14.9. The van der Waals surface area contributed by atoms with Crippen molar-refractivity contribution in [3.05, 3.63) is 23.8 Å². The highest BCUT2D eigenvalue weighted by Gasteiger charge is 2.19. The Morgan fingerprint density at radius 2 is 1.90 bits per heavy atom. The second-order valence-corrected chi connectivity index (χ2v) is 10.7. The second-order valence-electron chi connectivity index (χ2n) is 7.78. The van der Waals surface area contributed by atoms with E-state index in [0.717, 1.165) is 35.8 Å². The first-order valence-corrected chi connectivity index (χ1v) is 13.9. The van der Waals surface area contributed by atoms with E-state index in [-0.39, 0.29) is 5.25 Å². The van der Waals surface area contributed by atoms with Gasteiger partial charge in [0.2, 0.25) is 6.79 Å². The zero-order valence-corrected chi connectivity index (χ0v) is 20.8. The highest BCUT2D eigenvalue weighted by atomic mass is 32.2. The van der Waals surface area contributed by atoms with Crippen molar-refractivity contribution < 1.29 is 23.9 Å². The van der Waals surface area contributed by atoms with Gasteiger partial charge in [-0.3, -0.25) is 4.79 Å². The number of unbranched alkanes of at least 4 members (excludes halogenated alkanes) is 5. The van der Waals surface area contributed by atoms with Gasteiger partial charge in [0.1, 0.15) is 17.0 Å². The van der Waals surface area contributed by atoms with Gasteiger partial charge in [0.25, 0.3) is 0 Å². The number of carbonyl (C=O) groups is 1. The maximum Gasteiger partial charge on any atom is 0.320 e. The SMILES string of the molecule is CCCCCCCC[S+]([O-])C(C)Cc1ccc2c(c1)OCO2.CSCCC(N)C(=O)O. The number of hydrogen-bond acceptors (Lipinski definition) is 6. The van der Waals surface area contributed by atoms with Crippen LogP contribution in [0.3, 0.4) is 0 Å². The lowest BCUT2D eigenvalue weighted by molar-refractivity contribution is -0.138. The van der Waals surface area contributed by atoms with Crippen molar-refractivity contribution in [2.45, 2.75) is 76.5 Å². The molecule has 2 rings (SSSR count). The van der Waals surface area contributed by atoms with Gasteiger partial charge >= 0.3 is 5.97 Å². The minimum atomic E-state index is -0.913. The van der Waals surface area contributed by atoms with E-state index in [0.29, 0.717) is 13.2 Å². The predicted molar refractivity (Wildman–Crippen MR) is 131 cm³/mol. The molecule has 0 aromatic heterocycles. The van der Waals surface area contributed by atoms with Gasteiger partial charge in [-0.05, 0) is 55.9 Å². The average molecular weight is 474 g/mol. The van der Waals surface area contributed by atoms with Gasteiger partial charge in [-0.2, -0.15) is 11.8 Å². The highest BCUT2D eigenvalue weighted by molar-refractivity contribution is 7.98. The minimum Gasteiger partial charge on any atom is -0.616 e. The second kappa shape index (κ2) is 16.5. The molecule has 0 radical (unpaired) electrons. The van der Waals surface area contributed by atoms with Crippen LogP contribution in [0, 0.1) is 0 Å². The molecule has 0 fully saturated rings. The molecule has 8 heteroatoms. The normalized spacial score (nSPS) is 15.0. The van der Waals surface area contributed by atoms with Gasteiger partial charge in [-0.25, -0.2) is 0 Å². The third-order valence-electron chi connectivity index (χ3n) is 5.06. The molecule has 0 aliphatic carbocycles. The number of carboxylic acid groups (broad SMARTS) is 1. The van der Waals surface area contributed by atoms with Gasteiger partial charge in [0.15, 0.2) is 11.5 Å². The molecule has 3 N–H and O–H groups in total. The van der Waals surface area contributed by atoms with Gasteiger partial charge in [-0.15, -0.1) is 0 Å². The lowest BCUT2D eigenvalue weighted by atomic mass is 10.1. The molecule has 0 spiro atoms. The van der Waals surface area contributed by atoms with E-state index < -0.39 is 23.2 Å². The maximum atomic E-state index is 12.3. The van der Waals surface area contributed by atoms with Crippen LogP contribution < -0.4 is 15.2 Å². The Morgan fingerprint density at radius 3 is 2.58 bits per heavy atom. The molecule has 31 heavy (non-hydrogen) atoms. The Hall–Kier alpha value is -1.09. The number of carboxylic acids is 1. The van der Waals surface area contributed by atoms with Crippen LogP contribution in [0.25, 0.3) is 0 Å². The van der Waals surface area contributed by atoms with E-state index in [4.69, 9.17) is 20.3 Å². The van der Waals surface area contributed by atoms with E-state index in [2.05, 4.69) is 13.8 Å². The standard InChI is InChI=1S/C18H28O3S.C5H11NO2S/c1-3-4-5-6-7-8-11-22(19)15(2)12-16-9-10-17-18(13-16)21-14-20-17;1-9-3-2-4(6)5(7)8/h9-10,13,15H,3-8,11-12,14H2,1-2H3;4H,2-3,6H2,1H3,(H,7,8). The van der Waals surface area contributed by atoms with Crippen LogP contribution in [0.15, 0.2) is 18.2 Å². The number of fused-ring (bicyclic) bond motifs is 1. The number of hydrogen-bond donors (Lipinski definition) is 2. The molecule has 1 aromatic carbocycles. The Morgan fingerprint density at radius 1 is 1.23 bits per heavy atom. The molecule has 3 unspecified atom stereocenters. The fourth-order valence-electron chi connectivity index (χ4n) is 3.09. The average Bonchev–Trinajstić information content (AvgIpc) is 3.22. The molecular formula is C23H39NO5S2. The van der Waals surface area contributed by atoms with Crippen molar-refractivity contribution >= 4 is 28.9 Å². The summed E-state index contributed by atoms with van der Waals surface area (Å²) >= 11 is 0.861. The monoisotopic (exact) mass is 473 g/mol. The van der Waals surface area contributed by atoms with Gasteiger partial charge in [0.05, 0.1) is 0 Å². The fourth-order valence-corrected chi connectivity index (χ4v) is 4.85. The summed E-state index contributed by atoms with van der Waals surface area (Å²) in [6, 6.07) is 5.32. The summed E-state index contributed by atoms with van der Waals surface area (Å²) in [4.78, 5) is 10.1. The quantitative estimate of drug-likeness (QED) is 0.300. The van der Waals surface area contributed by atoms with Crippen LogP contribution in [0.5, 0.6) is 11.5 Å². The van der Waals surface area contributed by atoms with Crippen molar-refractivity contribution in [1.29, 1.82) is 0 Å².